The van der Waals surface area contributed by atoms with Gasteiger partial charge in [0.15, 0.2) is 0 Å². The molecule has 0 aliphatic carbocycles. The van der Waals surface area contributed by atoms with Crippen molar-refractivity contribution in [1.29, 1.82) is 0 Å². The first-order valence-electron chi connectivity index (χ1n) is 6.26. The SMILES string of the molecule is COC(=O)c1cc(N2CCOC(C)C2)ccc1[N+](=O)[O-]. The highest BCUT2D eigenvalue weighted by atomic mass is 16.6. The molecule has 1 aromatic rings. The Morgan fingerprint density at radius 2 is 2.30 bits per heavy atom. The molecule has 0 radical (unpaired) electrons. The smallest absolute Gasteiger partial charge is 0.344 e. The first kappa shape index (κ1) is 14.3. The number of hydrogen-bond acceptors (Lipinski definition) is 6. The van der Waals surface area contributed by atoms with Crippen LogP contribution in [0.15, 0.2) is 18.2 Å². The maximum atomic E-state index is 11.7. The number of ether oxygens (including phenoxy) is 2. The molecular formula is C13H16N2O5. The van der Waals surface area contributed by atoms with E-state index in [9.17, 15) is 14.9 Å². The van der Waals surface area contributed by atoms with E-state index in [-0.39, 0.29) is 17.4 Å². The lowest BCUT2D eigenvalue weighted by atomic mass is 10.1. The van der Waals surface area contributed by atoms with Crippen molar-refractivity contribution in [2.24, 2.45) is 0 Å². The Morgan fingerprint density at radius 3 is 2.90 bits per heavy atom. The van der Waals surface area contributed by atoms with Crippen LogP contribution in [0.4, 0.5) is 11.4 Å². The molecule has 1 unspecified atom stereocenters. The minimum absolute atomic E-state index is 0.0332. The van der Waals surface area contributed by atoms with Gasteiger partial charge in [-0.3, -0.25) is 10.1 Å². The third-order valence-electron chi connectivity index (χ3n) is 3.19. The maximum Gasteiger partial charge on any atom is 0.344 e. The highest BCUT2D eigenvalue weighted by molar-refractivity contribution is 5.95. The summed E-state index contributed by atoms with van der Waals surface area (Å²) in [5.74, 6) is -0.708. The second-order valence-electron chi connectivity index (χ2n) is 4.58. The molecule has 0 saturated carbocycles. The number of nitrogens with zero attached hydrogens (tertiary/aromatic N) is 2. The minimum atomic E-state index is -0.708. The third-order valence-corrected chi connectivity index (χ3v) is 3.19. The fraction of sp³-hybridized carbons (Fsp3) is 0.462. The number of anilines is 1. The van der Waals surface area contributed by atoms with Crippen molar-refractivity contribution in [1.82, 2.24) is 0 Å². The number of benzene rings is 1. The third kappa shape index (κ3) is 2.88. The highest BCUT2D eigenvalue weighted by Gasteiger charge is 2.24. The molecule has 1 heterocycles. The molecule has 2 rings (SSSR count). The molecule has 1 fully saturated rings. The van der Waals surface area contributed by atoms with Crippen molar-refractivity contribution in [3.63, 3.8) is 0 Å². The molecule has 20 heavy (non-hydrogen) atoms. The predicted molar refractivity (Wildman–Crippen MR) is 72.1 cm³/mol. The van der Waals surface area contributed by atoms with Crippen LogP contribution in [0, 0.1) is 10.1 Å². The van der Waals surface area contributed by atoms with E-state index in [0.717, 1.165) is 5.69 Å². The number of nitro benzene ring substituents is 1. The molecule has 0 N–H and O–H groups in total. The normalized spacial score (nSPS) is 18.7. The van der Waals surface area contributed by atoms with Gasteiger partial charge in [0, 0.05) is 24.8 Å². The second-order valence-corrected chi connectivity index (χ2v) is 4.58. The van der Waals surface area contributed by atoms with Crippen LogP contribution in [0.1, 0.15) is 17.3 Å². The van der Waals surface area contributed by atoms with Crippen LogP contribution in [0.2, 0.25) is 0 Å². The van der Waals surface area contributed by atoms with Crippen molar-refractivity contribution >= 4 is 17.3 Å². The van der Waals surface area contributed by atoms with Crippen LogP contribution < -0.4 is 4.90 Å². The molecule has 1 atom stereocenters. The summed E-state index contributed by atoms with van der Waals surface area (Å²) in [5, 5.41) is 10.9. The average molecular weight is 280 g/mol. The van der Waals surface area contributed by atoms with Gasteiger partial charge in [-0.15, -0.1) is 0 Å². The Balaban J connectivity index is 2.36. The van der Waals surface area contributed by atoms with Crippen LogP contribution in [-0.2, 0) is 9.47 Å². The number of morpholine rings is 1. The summed E-state index contributed by atoms with van der Waals surface area (Å²) >= 11 is 0. The lowest BCUT2D eigenvalue weighted by Crippen LogP contribution is -2.41. The molecule has 1 saturated heterocycles. The Morgan fingerprint density at radius 1 is 1.55 bits per heavy atom. The molecular weight excluding hydrogens is 264 g/mol. The first-order valence-corrected chi connectivity index (χ1v) is 6.26. The minimum Gasteiger partial charge on any atom is -0.465 e. The molecule has 7 heteroatoms. The van der Waals surface area contributed by atoms with E-state index in [1.807, 2.05) is 11.8 Å². The number of nitro groups is 1. The molecule has 1 aromatic carbocycles. The van der Waals surface area contributed by atoms with Crippen LogP contribution in [-0.4, -0.2) is 43.8 Å². The number of hydrogen-bond donors (Lipinski definition) is 0. The van der Waals surface area contributed by atoms with Gasteiger partial charge in [-0.05, 0) is 19.1 Å². The van der Waals surface area contributed by atoms with E-state index < -0.39 is 10.9 Å². The topological polar surface area (TPSA) is 81.9 Å². The quantitative estimate of drug-likeness (QED) is 0.475. The van der Waals surface area contributed by atoms with Crippen LogP contribution in [0.3, 0.4) is 0 Å². The highest BCUT2D eigenvalue weighted by Crippen LogP contribution is 2.26. The standard InChI is InChI=1S/C13H16N2O5/c1-9-8-14(5-6-20-9)10-3-4-12(15(17)18)11(7-10)13(16)19-2/h3-4,7,9H,5-6,8H2,1-2H3. The van der Waals surface area contributed by atoms with E-state index in [4.69, 9.17) is 4.74 Å². The zero-order valence-corrected chi connectivity index (χ0v) is 11.4. The lowest BCUT2D eigenvalue weighted by molar-refractivity contribution is -0.385. The van der Waals surface area contributed by atoms with E-state index >= 15 is 0 Å². The zero-order chi connectivity index (χ0) is 14.7. The summed E-state index contributed by atoms with van der Waals surface area (Å²) < 4.78 is 10.1. The molecule has 0 bridgehead atoms. The number of carbonyl (C=O) groups is 1. The summed E-state index contributed by atoms with van der Waals surface area (Å²) in [4.78, 5) is 24.1. The molecule has 0 spiro atoms. The molecule has 0 aromatic heterocycles. The van der Waals surface area contributed by atoms with E-state index in [2.05, 4.69) is 4.74 Å². The van der Waals surface area contributed by atoms with E-state index in [0.29, 0.717) is 19.7 Å². The van der Waals surface area contributed by atoms with Crippen LogP contribution in [0.25, 0.3) is 0 Å². The van der Waals surface area contributed by atoms with Gasteiger partial charge >= 0.3 is 5.97 Å². The van der Waals surface area contributed by atoms with Gasteiger partial charge in [0.05, 0.1) is 24.7 Å². The second kappa shape index (κ2) is 5.87. The van der Waals surface area contributed by atoms with Gasteiger partial charge < -0.3 is 14.4 Å². The summed E-state index contributed by atoms with van der Waals surface area (Å²) in [7, 11) is 1.20. The fourth-order valence-corrected chi connectivity index (χ4v) is 2.21. The van der Waals surface area contributed by atoms with Gasteiger partial charge in [0.1, 0.15) is 5.56 Å². The van der Waals surface area contributed by atoms with E-state index in [1.54, 1.807) is 6.07 Å². The first-order chi connectivity index (χ1) is 9.52. The average Bonchev–Trinajstić information content (AvgIpc) is 2.45. The lowest BCUT2D eigenvalue weighted by Gasteiger charge is -2.33. The van der Waals surface area contributed by atoms with E-state index in [1.165, 1.54) is 19.2 Å². The number of methoxy groups -OCH3 is 1. The molecule has 1 aliphatic rings. The van der Waals surface area contributed by atoms with Crippen molar-refractivity contribution in [3.8, 4) is 0 Å². The zero-order valence-electron chi connectivity index (χ0n) is 11.4. The summed E-state index contributed by atoms with van der Waals surface area (Å²) in [6, 6.07) is 4.48. The van der Waals surface area contributed by atoms with Crippen molar-refractivity contribution in [2.45, 2.75) is 13.0 Å². The Bertz CT molecular complexity index is 531. The van der Waals surface area contributed by atoms with Gasteiger partial charge in [0.2, 0.25) is 0 Å². The molecule has 1 aliphatic heterocycles. The van der Waals surface area contributed by atoms with Crippen LogP contribution in [0.5, 0.6) is 0 Å². The monoisotopic (exact) mass is 280 g/mol. The van der Waals surface area contributed by atoms with Crippen molar-refractivity contribution < 1.29 is 19.2 Å². The number of rotatable bonds is 3. The summed E-state index contributed by atoms with van der Waals surface area (Å²) in [6.07, 6.45) is 0.0838. The fourth-order valence-electron chi connectivity index (χ4n) is 2.21. The summed E-state index contributed by atoms with van der Waals surface area (Å²) in [6.45, 7) is 3.91. The number of esters is 1. The van der Waals surface area contributed by atoms with Gasteiger partial charge in [-0.2, -0.15) is 0 Å². The number of carbonyl (C=O) groups excluding carboxylic acids is 1. The maximum absolute atomic E-state index is 11.7. The van der Waals surface area contributed by atoms with Gasteiger partial charge in [-0.1, -0.05) is 0 Å². The Hall–Kier alpha value is -2.15. The van der Waals surface area contributed by atoms with Crippen LogP contribution >= 0.6 is 0 Å². The molecule has 7 nitrogen and oxygen atoms in total. The Labute approximate surface area is 116 Å². The van der Waals surface area contributed by atoms with Gasteiger partial charge in [0.25, 0.3) is 5.69 Å². The van der Waals surface area contributed by atoms with Crippen molar-refractivity contribution in [3.05, 3.63) is 33.9 Å². The van der Waals surface area contributed by atoms with Crippen molar-refractivity contribution in [2.75, 3.05) is 31.7 Å². The molecule has 108 valence electrons. The molecule has 0 amide bonds. The summed E-state index contributed by atoms with van der Waals surface area (Å²) in [5.41, 5.74) is 0.474. The van der Waals surface area contributed by atoms with Gasteiger partial charge in [-0.25, -0.2) is 4.79 Å². The predicted octanol–water partition coefficient (Wildman–Crippen LogP) is 1.61. The largest absolute Gasteiger partial charge is 0.465 e. The Kier molecular flexibility index (Phi) is 4.19.